The van der Waals surface area contributed by atoms with Gasteiger partial charge in [0.2, 0.25) is 5.91 Å². The van der Waals surface area contributed by atoms with Gasteiger partial charge in [0.15, 0.2) is 0 Å². The van der Waals surface area contributed by atoms with Crippen molar-refractivity contribution in [2.24, 2.45) is 0 Å². The van der Waals surface area contributed by atoms with Gasteiger partial charge in [-0.2, -0.15) is 0 Å². The summed E-state index contributed by atoms with van der Waals surface area (Å²) in [4.78, 5) is 12.4. The van der Waals surface area contributed by atoms with Crippen molar-refractivity contribution in [2.75, 3.05) is 4.72 Å². The standard InChI is InChI=1S/C17H21ClN2O3S2/c1-10(2)19-17(21)11(3)13-8-24-9-15(13)20-25(22,23)16-7-5-6-14(18)12(16)4/h5-11,20H,1-4H3,(H,19,21). The molecular weight excluding hydrogens is 380 g/mol. The lowest BCUT2D eigenvalue weighted by atomic mass is 10.0. The van der Waals surface area contributed by atoms with E-state index in [4.69, 9.17) is 11.6 Å². The molecule has 2 rings (SSSR count). The number of carbonyl (C=O) groups excluding carboxylic acids is 1. The average molecular weight is 401 g/mol. The van der Waals surface area contributed by atoms with Gasteiger partial charge in [0.25, 0.3) is 10.0 Å². The van der Waals surface area contributed by atoms with Gasteiger partial charge in [0.1, 0.15) is 0 Å². The van der Waals surface area contributed by atoms with Gasteiger partial charge < -0.3 is 5.32 Å². The van der Waals surface area contributed by atoms with Gasteiger partial charge in [-0.25, -0.2) is 8.42 Å². The Balaban J connectivity index is 2.31. The van der Waals surface area contributed by atoms with E-state index in [2.05, 4.69) is 10.0 Å². The summed E-state index contributed by atoms with van der Waals surface area (Å²) in [6.07, 6.45) is 0. The smallest absolute Gasteiger partial charge is 0.262 e. The van der Waals surface area contributed by atoms with Crippen molar-refractivity contribution in [3.8, 4) is 0 Å². The molecule has 1 unspecified atom stereocenters. The maximum atomic E-state index is 12.7. The van der Waals surface area contributed by atoms with Gasteiger partial charge in [-0.05, 0) is 56.3 Å². The lowest BCUT2D eigenvalue weighted by Gasteiger charge is -2.17. The predicted molar refractivity (Wildman–Crippen MR) is 103 cm³/mol. The number of nitrogens with one attached hydrogen (secondary N) is 2. The minimum Gasteiger partial charge on any atom is -0.353 e. The molecule has 0 bridgehead atoms. The minimum atomic E-state index is -3.80. The first-order valence-electron chi connectivity index (χ1n) is 7.78. The van der Waals surface area contributed by atoms with E-state index >= 15 is 0 Å². The monoisotopic (exact) mass is 400 g/mol. The molecule has 1 aromatic heterocycles. The van der Waals surface area contributed by atoms with E-state index in [1.165, 1.54) is 17.4 Å². The molecule has 0 fully saturated rings. The number of thiophene rings is 1. The summed E-state index contributed by atoms with van der Waals surface area (Å²) in [6, 6.07) is 4.76. The van der Waals surface area contributed by atoms with Gasteiger partial charge in [0.05, 0.1) is 16.5 Å². The van der Waals surface area contributed by atoms with Crippen LogP contribution in [0.4, 0.5) is 5.69 Å². The Labute approximate surface area is 157 Å². The zero-order valence-electron chi connectivity index (χ0n) is 14.5. The largest absolute Gasteiger partial charge is 0.353 e. The molecule has 1 aromatic carbocycles. The molecule has 0 aliphatic carbocycles. The fourth-order valence-electron chi connectivity index (χ4n) is 2.35. The third kappa shape index (κ3) is 4.54. The lowest BCUT2D eigenvalue weighted by molar-refractivity contribution is -0.122. The van der Waals surface area contributed by atoms with Crippen molar-refractivity contribution in [3.05, 3.63) is 45.1 Å². The van der Waals surface area contributed by atoms with Crippen LogP contribution in [-0.4, -0.2) is 20.4 Å². The molecule has 0 aliphatic heterocycles. The molecule has 5 nitrogen and oxygen atoms in total. The predicted octanol–water partition coefficient (Wildman–Crippen LogP) is 4.14. The number of hydrogen-bond acceptors (Lipinski definition) is 4. The molecule has 1 heterocycles. The minimum absolute atomic E-state index is 0.0165. The maximum absolute atomic E-state index is 12.7. The fourth-order valence-corrected chi connectivity index (χ4v) is 4.88. The molecule has 136 valence electrons. The quantitative estimate of drug-likeness (QED) is 0.765. The van der Waals surface area contributed by atoms with Gasteiger partial charge in [-0.15, -0.1) is 11.3 Å². The van der Waals surface area contributed by atoms with Crippen molar-refractivity contribution in [1.29, 1.82) is 0 Å². The normalized spacial score (nSPS) is 12.9. The van der Waals surface area contributed by atoms with Crippen molar-refractivity contribution in [1.82, 2.24) is 5.32 Å². The molecule has 25 heavy (non-hydrogen) atoms. The number of hydrogen-bond donors (Lipinski definition) is 2. The molecule has 2 N–H and O–H groups in total. The number of sulfonamides is 1. The molecule has 0 radical (unpaired) electrons. The molecule has 8 heteroatoms. The molecule has 0 saturated carbocycles. The molecule has 2 aromatic rings. The highest BCUT2D eigenvalue weighted by atomic mass is 35.5. The number of halogens is 1. The first-order valence-corrected chi connectivity index (χ1v) is 10.6. The number of amides is 1. The molecule has 1 amide bonds. The van der Waals surface area contributed by atoms with Crippen LogP contribution in [0.3, 0.4) is 0 Å². The number of rotatable bonds is 6. The summed E-state index contributed by atoms with van der Waals surface area (Å²) in [5, 5.41) is 6.70. The Morgan fingerprint density at radius 3 is 2.52 bits per heavy atom. The number of carbonyl (C=O) groups is 1. The van der Waals surface area contributed by atoms with Crippen molar-refractivity contribution in [3.63, 3.8) is 0 Å². The van der Waals surface area contributed by atoms with Crippen LogP contribution in [0.15, 0.2) is 33.9 Å². The summed E-state index contributed by atoms with van der Waals surface area (Å²) in [6.45, 7) is 7.17. The lowest BCUT2D eigenvalue weighted by Crippen LogP contribution is -2.33. The van der Waals surface area contributed by atoms with Crippen molar-refractivity contribution >= 4 is 44.6 Å². The van der Waals surface area contributed by atoms with Crippen LogP contribution in [0.25, 0.3) is 0 Å². The first-order chi connectivity index (χ1) is 11.6. The summed E-state index contributed by atoms with van der Waals surface area (Å²) in [5.74, 6) is -0.611. The van der Waals surface area contributed by atoms with Crippen LogP contribution in [0.1, 0.15) is 37.8 Å². The van der Waals surface area contributed by atoms with Crippen LogP contribution in [0.5, 0.6) is 0 Å². The number of benzene rings is 1. The van der Waals surface area contributed by atoms with E-state index in [9.17, 15) is 13.2 Å². The Morgan fingerprint density at radius 1 is 1.20 bits per heavy atom. The molecule has 0 aliphatic rings. The zero-order chi connectivity index (χ0) is 18.8. The van der Waals surface area contributed by atoms with Crippen LogP contribution in [0.2, 0.25) is 5.02 Å². The zero-order valence-corrected chi connectivity index (χ0v) is 16.8. The van der Waals surface area contributed by atoms with Gasteiger partial charge >= 0.3 is 0 Å². The highest BCUT2D eigenvalue weighted by Crippen LogP contribution is 2.32. The highest BCUT2D eigenvalue weighted by Gasteiger charge is 2.24. The Kier molecular flexibility index (Phi) is 6.13. The van der Waals surface area contributed by atoms with Crippen molar-refractivity contribution < 1.29 is 13.2 Å². The first kappa shape index (κ1) is 19.8. The van der Waals surface area contributed by atoms with Crippen molar-refractivity contribution in [2.45, 2.75) is 44.6 Å². The van der Waals surface area contributed by atoms with E-state index < -0.39 is 15.9 Å². The van der Waals surface area contributed by atoms with E-state index in [0.29, 0.717) is 21.8 Å². The average Bonchev–Trinajstić information content (AvgIpc) is 2.95. The van der Waals surface area contributed by atoms with E-state index in [-0.39, 0.29) is 16.8 Å². The Morgan fingerprint density at radius 2 is 1.88 bits per heavy atom. The van der Waals surface area contributed by atoms with E-state index in [1.807, 2.05) is 13.8 Å². The Bertz CT molecular complexity index is 876. The van der Waals surface area contributed by atoms with Crippen LogP contribution < -0.4 is 10.0 Å². The molecule has 1 atom stereocenters. The molecule has 0 spiro atoms. The molecular formula is C17H21ClN2O3S2. The van der Waals surface area contributed by atoms with Gasteiger partial charge in [0, 0.05) is 16.4 Å². The highest BCUT2D eigenvalue weighted by molar-refractivity contribution is 7.92. The topological polar surface area (TPSA) is 75.3 Å². The third-order valence-electron chi connectivity index (χ3n) is 3.73. The van der Waals surface area contributed by atoms with E-state index in [1.54, 1.807) is 36.7 Å². The van der Waals surface area contributed by atoms with Gasteiger partial charge in [-0.3, -0.25) is 9.52 Å². The van der Waals surface area contributed by atoms with E-state index in [0.717, 1.165) is 0 Å². The third-order valence-corrected chi connectivity index (χ3v) is 6.42. The SMILES string of the molecule is Cc1c(Cl)cccc1S(=O)(=O)Nc1cscc1C(C)C(=O)NC(C)C. The maximum Gasteiger partial charge on any atom is 0.262 e. The van der Waals surface area contributed by atoms with Crippen LogP contribution in [-0.2, 0) is 14.8 Å². The summed E-state index contributed by atoms with van der Waals surface area (Å²) in [7, 11) is -3.80. The summed E-state index contributed by atoms with van der Waals surface area (Å²) >= 11 is 7.37. The van der Waals surface area contributed by atoms with Crippen LogP contribution >= 0.6 is 22.9 Å². The molecule has 0 saturated heterocycles. The Hall–Kier alpha value is -1.57. The second kappa shape index (κ2) is 7.76. The van der Waals surface area contributed by atoms with Crippen LogP contribution in [0, 0.1) is 6.92 Å². The summed E-state index contributed by atoms with van der Waals surface area (Å²) in [5.41, 5.74) is 1.54. The number of anilines is 1. The fraction of sp³-hybridized carbons (Fsp3) is 0.353. The second-order valence-electron chi connectivity index (χ2n) is 6.09. The van der Waals surface area contributed by atoms with Gasteiger partial charge in [-0.1, -0.05) is 17.7 Å². The summed E-state index contributed by atoms with van der Waals surface area (Å²) < 4.78 is 28.0. The second-order valence-corrected chi connectivity index (χ2v) is 8.90.